The molecule has 4 rings (SSSR count). The highest BCUT2D eigenvalue weighted by Gasteiger charge is 2.65. The number of carbonyl (C=O) groups is 1. The van der Waals surface area contributed by atoms with E-state index in [1.807, 2.05) is 0 Å². The van der Waals surface area contributed by atoms with Crippen molar-refractivity contribution in [3.05, 3.63) is 74.8 Å². The lowest BCUT2D eigenvalue weighted by Gasteiger charge is -2.32. The van der Waals surface area contributed by atoms with Gasteiger partial charge in [0.15, 0.2) is 11.0 Å². The zero-order chi connectivity index (χ0) is 25.2. The average Bonchev–Trinajstić information content (AvgIpc) is 3.03. The van der Waals surface area contributed by atoms with E-state index in [0.29, 0.717) is 0 Å². The predicted molar refractivity (Wildman–Crippen MR) is 112 cm³/mol. The molecule has 6 nitrogen and oxygen atoms in total. The third kappa shape index (κ3) is 3.46. The van der Waals surface area contributed by atoms with Crippen molar-refractivity contribution in [1.82, 2.24) is 9.97 Å². The lowest BCUT2D eigenvalue weighted by atomic mass is 9.76. The van der Waals surface area contributed by atoms with Gasteiger partial charge in [-0.3, -0.25) is 14.6 Å². The number of H-pyrrole nitrogens is 1. The molecule has 34 heavy (non-hydrogen) atoms. The van der Waals surface area contributed by atoms with Gasteiger partial charge >= 0.3 is 6.18 Å². The highest BCUT2D eigenvalue weighted by Crippen LogP contribution is 2.58. The Kier molecular flexibility index (Phi) is 5.51. The number of pyridine rings is 2. The van der Waals surface area contributed by atoms with E-state index in [-0.39, 0.29) is 33.4 Å². The van der Waals surface area contributed by atoms with E-state index in [4.69, 9.17) is 10.5 Å². The molecule has 3 heterocycles. The van der Waals surface area contributed by atoms with E-state index in [1.54, 1.807) is 0 Å². The summed E-state index contributed by atoms with van der Waals surface area (Å²) in [5.74, 6) is -5.32. The summed E-state index contributed by atoms with van der Waals surface area (Å²) in [6.07, 6.45) is -5.06. The number of nitrogens with one attached hydrogen (secondary N) is 1. The third-order valence-corrected chi connectivity index (χ3v) is 6.68. The van der Waals surface area contributed by atoms with Crippen molar-refractivity contribution in [1.29, 1.82) is 0 Å². The van der Waals surface area contributed by atoms with E-state index in [1.165, 1.54) is 26.1 Å². The van der Waals surface area contributed by atoms with Gasteiger partial charge in [0.2, 0.25) is 0 Å². The molecule has 0 aliphatic carbocycles. The van der Waals surface area contributed by atoms with Crippen LogP contribution in [0.4, 0.5) is 22.0 Å². The fourth-order valence-corrected chi connectivity index (χ4v) is 4.56. The first-order valence-electron chi connectivity index (χ1n) is 10.3. The zero-order valence-corrected chi connectivity index (χ0v) is 18.3. The number of alkyl halides is 3. The molecule has 0 radical (unpaired) electrons. The molecule has 11 heteroatoms. The van der Waals surface area contributed by atoms with Gasteiger partial charge in [-0.25, -0.2) is 8.78 Å². The minimum absolute atomic E-state index is 0.0645. The smallest absolute Gasteiger partial charge is 0.364 e. The number of halogens is 5. The number of ether oxygens (including phenoxy) is 1. The fourth-order valence-electron chi connectivity index (χ4n) is 4.56. The lowest BCUT2D eigenvalue weighted by molar-refractivity contribution is -0.275. The molecule has 3 N–H and O–H groups in total. The van der Waals surface area contributed by atoms with Gasteiger partial charge in [-0.1, -0.05) is 13.0 Å². The zero-order valence-electron chi connectivity index (χ0n) is 18.3. The van der Waals surface area contributed by atoms with Gasteiger partial charge < -0.3 is 15.5 Å². The summed E-state index contributed by atoms with van der Waals surface area (Å²) in [7, 11) is 0. The quantitative estimate of drug-likeness (QED) is 0.541. The number of nitrogens with two attached hydrogens (primary N) is 1. The van der Waals surface area contributed by atoms with Crippen LogP contribution in [0.2, 0.25) is 0 Å². The topological polar surface area (TPSA) is 98.1 Å². The number of hydrogen-bond donors (Lipinski definition) is 2. The van der Waals surface area contributed by atoms with Crippen molar-refractivity contribution in [3.8, 4) is 0 Å². The molecule has 3 aromatic rings. The summed E-state index contributed by atoms with van der Waals surface area (Å²) in [4.78, 5) is 31.1. The molecule has 0 spiro atoms. The molecule has 0 unspecified atom stereocenters. The van der Waals surface area contributed by atoms with Gasteiger partial charge in [-0.15, -0.1) is 0 Å². The third-order valence-electron chi connectivity index (χ3n) is 6.68. The standard InChI is InChI=1S/C23H20F5N3O3/c1-9-12(24)5-4-11(18(9)25)16-10(2)22(3,23(26,27)28)34-20(16)14-8-15(32)17-13(31-14)6-7-30-19(17)21(29)33/h4-8,10,16,20H,1-3H3,(H2,29,33)(H,31,32)/t10-,16-,20-,22+/m1/s1. The van der Waals surface area contributed by atoms with Crippen LogP contribution in [0, 0.1) is 24.5 Å². The molecule has 1 aliphatic rings. The number of fused-ring (bicyclic) bond motifs is 1. The summed E-state index contributed by atoms with van der Waals surface area (Å²) >= 11 is 0. The predicted octanol–water partition coefficient (Wildman–Crippen LogP) is 4.42. The van der Waals surface area contributed by atoms with Crippen LogP contribution in [0.25, 0.3) is 10.9 Å². The van der Waals surface area contributed by atoms with E-state index in [0.717, 1.165) is 25.1 Å². The number of carbonyl (C=O) groups excluding carboxylic acids is 1. The minimum Gasteiger partial charge on any atom is -0.364 e. The van der Waals surface area contributed by atoms with Gasteiger partial charge in [0, 0.05) is 35.4 Å². The maximum Gasteiger partial charge on any atom is 0.417 e. The first kappa shape index (κ1) is 23.8. The first-order chi connectivity index (χ1) is 15.8. The van der Waals surface area contributed by atoms with Crippen molar-refractivity contribution < 1.29 is 31.5 Å². The summed E-state index contributed by atoms with van der Waals surface area (Å²) in [6, 6.07) is 4.41. The molecule has 1 aliphatic heterocycles. The highest BCUT2D eigenvalue weighted by atomic mass is 19.4. The van der Waals surface area contributed by atoms with Gasteiger partial charge in [-0.05, 0) is 31.5 Å². The SMILES string of the molecule is Cc1c(F)ccc([C@@H]2[C@@H](c3cc(=O)c4c(C(N)=O)nccc4[nH]3)O[C@](C)(C(F)(F)F)[C@@H]2C)c1F. The second-order valence-electron chi connectivity index (χ2n) is 8.57. The number of primary amides is 1. The van der Waals surface area contributed by atoms with E-state index in [2.05, 4.69) is 9.97 Å². The van der Waals surface area contributed by atoms with Gasteiger partial charge in [0.25, 0.3) is 5.91 Å². The van der Waals surface area contributed by atoms with Gasteiger partial charge in [0.05, 0.1) is 10.9 Å². The second-order valence-corrected chi connectivity index (χ2v) is 8.57. The molecule has 180 valence electrons. The van der Waals surface area contributed by atoms with Crippen molar-refractivity contribution in [2.45, 2.75) is 44.6 Å². The lowest BCUT2D eigenvalue weighted by Crippen LogP contribution is -2.46. The maximum absolute atomic E-state index is 15.1. The van der Waals surface area contributed by atoms with Crippen molar-refractivity contribution in [3.63, 3.8) is 0 Å². The van der Waals surface area contributed by atoms with Crippen LogP contribution >= 0.6 is 0 Å². The fraction of sp³-hybridized carbons (Fsp3) is 0.348. The summed E-state index contributed by atoms with van der Waals surface area (Å²) < 4.78 is 76.8. The minimum atomic E-state index is -4.83. The first-order valence-corrected chi connectivity index (χ1v) is 10.3. The summed E-state index contributed by atoms with van der Waals surface area (Å²) in [5.41, 5.74) is 1.07. The highest BCUT2D eigenvalue weighted by molar-refractivity contribution is 6.03. The van der Waals surface area contributed by atoms with E-state index < -0.39 is 52.7 Å². The van der Waals surface area contributed by atoms with Crippen molar-refractivity contribution in [2.24, 2.45) is 11.7 Å². The molecule has 1 amide bonds. The van der Waals surface area contributed by atoms with Crippen LogP contribution in [0.1, 0.15) is 53.2 Å². The molecular formula is C23H20F5N3O3. The van der Waals surface area contributed by atoms with Crippen LogP contribution < -0.4 is 11.2 Å². The number of rotatable bonds is 3. The van der Waals surface area contributed by atoms with Crippen molar-refractivity contribution >= 4 is 16.8 Å². The van der Waals surface area contributed by atoms with Crippen LogP contribution in [-0.2, 0) is 4.74 Å². The number of aromatic nitrogens is 2. The number of amides is 1. The largest absolute Gasteiger partial charge is 0.417 e. The Morgan fingerprint density at radius 1 is 1.24 bits per heavy atom. The molecule has 2 aromatic heterocycles. The number of benzene rings is 1. The van der Waals surface area contributed by atoms with Crippen molar-refractivity contribution in [2.75, 3.05) is 0 Å². The van der Waals surface area contributed by atoms with Crippen LogP contribution in [0.15, 0.2) is 35.3 Å². The summed E-state index contributed by atoms with van der Waals surface area (Å²) in [5, 5.41) is -0.135. The van der Waals surface area contributed by atoms with E-state index in [9.17, 15) is 27.2 Å². The van der Waals surface area contributed by atoms with E-state index >= 15 is 4.39 Å². The monoisotopic (exact) mass is 481 g/mol. The molecule has 1 fully saturated rings. The number of aromatic amines is 1. The maximum atomic E-state index is 15.1. The van der Waals surface area contributed by atoms with Crippen LogP contribution in [-0.4, -0.2) is 27.7 Å². The normalized spacial score (nSPS) is 25.1. The van der Waals surface area contributed by atoms with Gasteiger partial charge in [-0.2, -0.15) is 13.2 Å². The Hall–Kier alpha value is -3.34. The molecule has 0 bridgehead atoms. The van der Waals surface area contributed by atoms with Crippen LogP contribution in [0.5, 0.6) is 0 Å². The van der Waals surface area contributed by atoms with Gasteiger partial charge in [0.1, 0.15) is 23.4 Å². The Labute approximate surface area is 189 Å². The number of nitrogens with zero attached hydrogens (tertiary/aromatic N) is 1. The Balaban J connectivity index is 1.96. The molecular weight excluding hydrogens is 461 g/mol. The molecule has 1 aromatic carbocycles. The molecule has 4 atom stereocenters. The summed E-state index contributed by atoms with van der Waals surface area (Å²) in [6.45, 7) is 3.31. The second kappa shape index (κ2) is 7.86. The molecule has 0 saturated carbocycles. The Morgan fingerprint density at radius 2 is 1.91 bits per heavy atom. The Bertz CT molecular complexity index is 1370. The molecule has 1 saturated heterocycles. The average molecular weight is 481 g/mol. The van der Waals surface area contributed by atoms with Crippen LogP contribution in [0.3, 0.4) is 0 Å². The number of hydrogen-bond acceptors (Lipinski definition) is 4. The Morgan fingerprint density at radius 3 is 2.53 bits per heavy atom.